The zero-order valence-electron chi connectivity index (χ0n) is 17.7. The predicted octanol–water partition coefficient (Wildman–Crippen LogP) is 3.13. The van der Waals surface area contributed by atoms with Crippen LogP contribution in [0.4, 0.5) is 0 Å². The number of aryl methyl sites for hydroxylation is 2. The van der Waals surface area contributed by atoms with Crippen molar-refractivity contribution < 1.29 is 14.0 Å². The van der Waals surface area contributed by atoms with E-state index in [4.69, 9.17) is 14.0 Å². The van der Waals surface area contributed by atoms with Crippen LogP contribution in [0.25, 0.3) is 0 Å². The highest BCUT2D eigenvalue weighted by atomic mass is 127. The number of aromatic nitrogens is 2. The van der Waals surface area contributed by atoms with E-state index in [9.17, 15) is 0 Å². The Balaban J connectivity index is 0.00000420. The highest BCUT2D eigenvalue weighted by molar-refractivity contribution is 14.0. The Morgan fingerprint density at radius 1 is 1.17 bits per heavy atom. The number of halogens is 1. The van der Waals surface area contributed by atoms with Gasteiger partial charge in [0.1, 0.15) is 0 Å². The first kappa shape index (κ1) is 25.0. The Kier molecular flexibility index (Phi) is 12.1. The Hall–Kier alpha value is -2.04. The van der Waals surface area contributed by atoms with Crippen molar-refractivity contribution in [3.8, 4) is 11.5 Å². The summed E-state index contributed by atoms with van der Waals surface area (Å²) in [6.07, 6.45) is 2.53. The lowest BCUT2D eigenvalue weighted by molar-refractivity contribution is 0.310. The lowest BCUT2D eigenvalue weighted by Gasteiger charge is -2.11. The molecule has 0 aliphatic rings. The summed E-state index contributed by atoms with van der Waals surface area (Å²) in [7, 11) is 1.65. The van der Waals surface area contributed by atoms with Crippen LogP contribution < -0.4 is 20.1 Å². The van der Waals surface area contributed by atoms with Gasteiger partial charge >= 0.3 is 0 Å². The first-order chi connectivity index (χ1) is 13.7. The average molecular weight is 517 g/mol. The first-order valence-electron chi connectivity index (χ1n) is 9.77. The molecular formula is C20H32IN5O3. The summed E-state index contributed by atoms with van der Waals surface area (Å²) < 4.78 is 16.1. The number of nitrogens with zero attached hydrogens (tertiary/aromatic N) is 3. The van der Waals surface area contributed by atoms with Gasteiger partial charge in [-0.1, -0.05) is 11.2 Å². The minimum Gasteiger partial charge on any atom is -0.493 e. The van der Waals surface area contributed by atoms with Crippen molar-refractivity contribution in [1.29, 1.82) is 0 Å². The van der Waals surface area contributed by atoms with Crippen LogP contribution in [0.3, 0.4) is 0 Å². The van der Waals surface area contributed by atoms with Crippen LogP contribution in [0.5, 0.6) is 11.5 Å². The third-order valence-corrected chi connectivity index (χ3v) is 3.97. The maximum absolute atomic E-state index is 5.64. The topological polar surface area (TPSA) is 93.8 Å². The normalized spacial score (nSPS) is 11.0. The summed E-state index contributed by atoms with van der Waals surface area (Å²) in [4.78, 5) is 8.83. The molecule has 8 nitrogen and oxygen atoms in total. The van der Waals surface area contributed by atoms with Gasteiger partial charge in [0.05, 0.1) is 13.7 Å². The second-order valence-electron chi connectivity index (χ2n) is 6.19. The van der Waals surface area contributed by atoms with Gasteiger partial charge in [0.25, 0.3) is 0 Å². The fourth-order valence-corrected chi connectivity index (χ4v) is 2.69. The molecular weight excluding hydrogens is 485 g/mol. The summed E-state index contributed by atoms with van der Waals surface area (Å²) in [6.45, 7) is 8.66. The Labute approximate surface area is 189 Å². The maximum atomic E-state index is 5.64. The molecule has 0 radical (unpaired) electrons. The van der Waals surface area contributed by atoms with E-state index >= 15 is 0 Å². The minimum atomic E-state index is 0. The quantitative estimate of drug-likeness (QED) is 0.205. The van der Waals surface area contributed by atoms with Gasteiger partial charge < -0.3 is 24.6 Å². The Morgan fingerprint density at radius 2 is 2.00 bits per heavy atom. The number of rotatable bonds is 11. The molecule has 0 unspecified atom stereocenters. The lowest BCUT2D eigenvalue weighted by Crippen LogP contribution is -2.38. The molecule has 2 rings (SSSR count). The van der Waals surface area contributed by atoms with Gasteiger partial charge in [-0.05, 0) is 51.3 Å². The van der Waals surface area contributed by atoms with Gasteiger partial charge in [0, 0.05) is 26.1 Å². The third kappa shape index (κ3) is 8.88. The fourth-order valence-electron chi connectivity index (χ4n) is 2.69. The van der Waals surface area contributed by atoms with Crippen LogP contribution in [0, 0.1) is 6.92 Å². The molecule has 0 fully saturated rings. The number of aliphatic imine (C=N–C) groups is 1. The van der Waals surface area contributed by atoms with Crippen molar-refractivity contribution in [3.05, 3.63) is 35.5 Å². The molecule has 0 saturated heterocycles. The molecule has 29 heavy (non-hydrogen) atoms. The van der Waals surface area contributed by atoms with Crippen molar-refractivity contribution >= 4 is 29.9 Å². The van der Waals surface area contributed by atoms with Crippen molar-refractivity contribution in [2.24, 2.45) is 4.99 Å². The van der Waals surface area contributed by atoms with Crippen molar-refractivity contribution in [2.75, 3.05) is 33.4 Å². The summed E-state index contributed by atoms with van der Waals surface area (Å²) >= 11 is 0. The van der Waals surface area contributed by atoms with Gasteiger partial charge in [0.15, 0.2) is 23.3 Å². The third-order valence-electron chi connectivity index (χ3n) is 3.97. The Bertz CT molecular complexity index is 751. The molecule has 0 aliphatic carbocycles. The number of methoxy groups -OCH3 is 1. The highest BCUT2D eigenvalue weighted by Crippen LogP contribution is 2.28. The van der Waals surface area contributed by atoms with Gasteiger partial charge in [-0.15, -0.1) is 24.0 Å². The van der Waals surface area contributed by atoms with E-state index in [1.807, 2.05) is 32.9 Å². The van der Waals surface area contributed by atoms with Crippen molar-refractivity contribution in [3.63, 3.8) is 0 Å². The molecule has 1 heterocycles. The van der Waals surface area contributed by atoms with Gasteiger partial charge in [-0.3, -0.25) is 4.99 Å². The smallest absolute Gasteiger partial charge is 0.228 e. The maximum Gasteiger partial charge on any atom is 0.228 e. The Morgan fingerprint density at radius 3 is 2.66 bits per heavy atom. The molecule has 162 valence electrons. The lowest BCUT2D eigenvalue weighted by atomic mass is 10.1. The molecule has 0 aliphatic heterocycles. The summed E-state index contributed by atoms with van der Waals surface area (Å²) in [6, 6.07) is 6.07. The monoisotopic (exact) mass is 517 g/mol. The molecule has 9 heteroatoms. The van der Waals surface area contributed by atoms with Gasteiger partial charge in [0.2, 0.25) is 5.89 Å². The van der Waals surface area contributed by atoms with Crippen LogP contribution in [0.2, 0.25) is 0 Å². The van der Waals surface area contributed by atoms with Crippen molar-refractivity contribution in [2.45, 2.75) is 40.0 Å². The van der Waals surface area contributed by atoms with E-state index in [2.05, 4.69) is 31.8 Å². The molecule has 0 bridgehead atoms. The standard InChI is InChI=1S/C20H31N5O3.HI/c1-5-21-20(23-13-11-19-24-15(3)25-28-19)22-12-7-8-16-9-10-17(26-4)18(14-16)27-6-2;/h9-10,14H,5-8,11-13H2,1-4H3,(H2,21,22,23);1H. The molecule has 2 N–H and O–H groups in total. The zero-order valence-corrected chi connectivity index (χ0v) is 20.0. The second kappa shape index (κ2) is 14.0. The molecule has 1 aromatic carbocycles. The van der Waals surface area contributed by atoms with Crippen molar-refractivity contribution in [1.82, 2.24) is 20.8 Å². The molecule has 0 saturated carbocycles. The van der Waals surface area contributed by atoms with Crippen LogP contribution in [-0.2, 0) is 12.8 Å². The molecule has 0 atom stereocenters. The molecule has 1 aromatic heterocycles. The number of benzene rings is 1. The van der Waals surface area contributed by atoms with E-state index < -0.39 is 0 Å². The molecule has 2 aromatic rings. The van der Waals surface area contributed by atoms with E-state index in [1.165, 1.54) is 5.56 Å². The zero-order chi connectivity index (χ0) is 20.2. The van der Waals surface area contributed by atoms with Crippen LogP contribution in [0.1, 0.15) is 37.5 Å². The number of hydrogen-bond acceptors (Lipinski definition) is 6. The number of nitrogens with one attached hydrogen (secondary N) is 2. The number of guanidine groups is 1. The van der Waals surface area contributed by atoms with Gasteiger partial charge in [-0.2, -0.15) is 4.98 Å². The van der Waals surface area contributed by atoms with Crippen LogP contribution >= 0.6 is 24.0 Å². The largest absolute Gasteiger partial charge is 0.493 e. The summed E-state index contributed by atoms with van der Waals surface area (Å²) in [5, 5.41) is 10.3. The highest BCUT2D eigenvalue weighted by Gasteiger charge is 2.06. The second-order valence-corrected chi connectivity index (χ2v) is 6.19. The number of ether oxygens (including phenoxy) is 2. The SMILES string of the molecule is CCNC(=NCCCc1ccc(OC)c(OCC)c1)NCCc1nc(C)no1.I. The van der Waals surface area contributed by atoms with Crippen LogP contribution in [0.15, 0.2) is 27.7 Å². The number of hydrogen-bond donors (Lipinski definition) is 2. The molecule has 0 amide bonds. The summed E-state index contributed by atoms with van der Waals surface area (Å²) in [5.74, 6) is 3.63. The van der Waals surface area contributed by atoms with E-state index in [-0.39, 0.29) is 24.0 Å². The average Bonchev–Trinajstić information content (AvgIpc) is 3.10. The van der Waals surface area contributed by atoms with Gasteiger partial charge in [-0.25, -0.2) is 0 Å². The molecule has 0 spiro atoms. The fraction of sp³-hybridized carbons (Fsp3) is 0.550. The first-order valence-corrected chi connectivity index (χ1v) is 9.77. The predicted molar refractivity (Wildman–Crippen MR) is 125 cm³/mol. The van der Waals surface area contributed by atoms with E-state index in [0.717, 1.165) is 43.4 Å². The van der Waals surface area contributed by atoms with Crippen LogP contribution in [-0.4, -0.2) is 49.5 Å². The minimum absolute atomic E-state index is 0. The van der Waals surface area contributed by atoms with E-state index in [0.29, 0.717) is 31.3 Å². The van der Waals surface area contributed by atoms with E-state index in [1.54, 1.807) is 7.11 Å². The summed E-state index contributed by atoms with van der Waals surface area (Å²) in [5.41, 5.74) is 1.21.